The highest BCUT2D eigenvalue weighted by molar-refractivity contribution is 7.10. The zero-order chi connectivity index (χ0) is 19.7. The minimum atomic E-state index is -0.285. The molecule has 1 unspecified atom stereocenters. The third-order valence-electron chi connectivity index (χ3n) is 6.38. The van der Waals surface area contributed by atoms with Crippen LogP contribution in [0.3, 0.4) is 0 Å². The standard InChI is InChI=1S/C22H25N3O2S2/c26-21(22(8-1-2-9-22)18-6-4-11-29-18)25-10-3-5-16(14-25)13-19-23-20(24-27-19)17-7-12-28-15-17/h4,6-7,11-12,15-16H,1-3,5,8-10,13-14H2. The summed E-state index contributed by atoms with van der Waals surface area (Å²) in [6.07, 6.45) is 7.16. The molecule has 0 aromatic carbocycles. The van der Waals surface area contributed by atoms with E-state index < -0.39 is 0 Å². The largest absolute Gasteiger partial charge is 0.342 e. The SMILES string of the molecule is O=C(N1CCCC(Cc2nc(-c3ccsc3)no2)C1)C1(c2cccs2)CCCC1. The molecular weight excluding hydrogens is 402 g/mol. The third-order valence-corrected chi connectivity index (χ3v) is 8.13. The van der Waals surface area contributed by atoms with Crippen molar-refractivity contribution in [3.8, 4) is 11.4 Å². The highest BCUT2D eigenvalue weighted by atomic mass is 32.1. The lowest BCUT2D eigenvalue weighted by atomic mass is 9.81. The van der Waals surface area contributed by atoms with Crippen LogP contribution >= 0.6 is 22.7 Å². The molecule has 152 valence electrons. The summed E-state index contributed by atoms with van der Waals surface area (Å²) in [5.74, 6) is 2.06. The fourth-order valence-corrected chi connectivity index (χ4v) is 6.52. The summed E-state index contributed by atoms with van der Waals surface area (Å²) < 4.78 is 5.51. The molecule has 4 heterocycles. The van der Waals surface area contributed by atoms with E-state index in [-0.39, 0.29) is 5.41 Å². The van der Waals surface area contributed by atoms with Gasteiger partial charge < -0.3 is 9.42 Å². The number of thiophene rings is 2. The van der Waals surface area contributed by atoms with Gasteiger partial charge in [-0.15, -0.1) is 11.3 Å². The Morgan fingerprint density at radius 3 is 2.90 bits per heavy atom. The molecule has 29 heavy (non-hydrogen) atoms. The van der Waals surface area contributed by atoms with Crippen LogP contribution in [0, 0.1) is 5.92 Å². The van der Waals surface area contributed by atoms with Crippen LogP contribution in [-0.2, 0) is 16.6 Å². The van der Waals surface area contributed by atoms with E-state index in [2.05, 4.69) is 32.6 Å². The molecule has 3 aromatic heterocycles. The first kappa shape index (κ1) is 19.0. The first-order chi connectivity index (χ1) is 14.2. The van der Waals surface area contributed by atoms with E-state index >= 15 is 0 Å². The number of hydrogen-bond acceptors (Lipinski definition) is 6. The Morgan fingerprint density at radius 2 is 2.14 bits per heavy atom. The van der Waals surface area contributed by atoms with E-state index in [1.807, 2.05) is 16.8 Å². The summed E-state index contributed by atoms with van der Waals surface area (Å²) in [5.41, 5.74) is 0.719. The van der Waals surface area contributed by atoms with Gasteiger partial charge in [0.05, 0.1) is 5.41 Å². The minimum Gasteiger partial charge on any atom is -0.342 e. The Kier molecular flexibility index (Phi) is 5.26. The van der Waals surface area contributed by atoms with Crippen LogP contribution in [-0.4, -0.2) is 34.0 Å². The average molecular weight is 428 g/mol. The molecule has 1 aliphatic heterocycles. The monoisotopic (exact) mass is 427 g/mol. The van der Waals surface area contributed by atoms with E-state index in [9.17, 15) is 4.79 Å². The summed E-state index contributed by atoms with van der Waals surface area (Å²) in [6, 6.07) is 6.23. The number of aromatic nitrogens is 2. The molecule has 1 atom stereocenters. The Labute approximate surface area is 178 Å². The maximum absolute atomic E-state index is 13.7. The highest BCUT2D eigenvalue weighted by Crippen LogP contribution is 2.45. The van der Waals surface area contributed by atoms with Crippen LogP contribution < -0.4 is 0 Å². The van der Waals surface area contributed by atoms with Crippen LogP contribution in [0.25, 0.3) is 11.4 Å². The lowest BCUT2D eigenvalue weighted by Crippen LogP contribution is -2.49. The van der Waals surface area contributed by atoms with Crippen molar-refractivity contribution in [3.63, 3.8) is 0 Å². The molecular formula is C22H25N3O2S2. The van der Waals surface area contributed by atoms with Crippen molar-refractivity contribution in [2.45, 2.75) is 50.4 Å². The van der Waals surface area contributed by atoms with Crippen molar-refractivity contribution in [3.05, 3.63) is 45.1 Å². The number of carbonyl (C=O) groups is 1. The van der Waals surface area contributed by atoms with Crippen LogP contribution in [0.1, 0.15) is 49.3 Å². The van der Waals surface area contributed by atoms with Crippen molar-refractivity contribution in [2.75, 3.05) is 13.1 Å². The van der Waals surface area contributed by atoms with Crippen molar-refractivity contribution in [2.24, 2.45) is 5.92 Å². The maximum Gasteiger partial charge on any atom is 0.234 e. The second-order valence-corrected chi connectivity index (χ2v) is 9.98. The van der Waals surface area contributed by atoms with Gasteiger partial charge in [0.15, 0.2) is 0 Å². The molecule has 5 nitrogen and oxygen atoms in total. The highest BCUT2D eigenvalue weighted by Gasteiger charge is 2.46. The van der Waals surface area contributed by atoms with Gasteiger partial charge in [-0.1, -0.05) is 24.1 Å². The average Bonchev–Trinajstić information content (AvgIpc) is 3.55. The Balaban J connectivity index is 1.29. The fourth-order valence-electron chi connectivity index (χ4n) is 4.91. The molecule has 0 N–H and O–H groups in total. The third kappa shape index (κ3) is 3.66. The molecule has 0 bridgehead atoms. The van der Waals surface area contributed by atoms with Gasteiger partial charge in [-0.3, -0.25) is 4.79 Å². The quantitative estimate of drug-likeness (QED) is 0.565. The number of nitrogens with zero attached hydrogens (tertiary/aromatic N) is 3. The van der Waals surface area contributed by atoms with Crippen LogP contribution in [0.5, 0.6) is 0 Å². The molecule has 7 heteroatoms. The van der Waals surface area contributed by atoms with Gasteiger partial charge in [0.1, 0.15) is 0 Å². The van der Waals surface area contributed by atoms with E-state index in [1.165, 1.54) is 4.88 Å². The van der Waals surface area contributed by atoms with Gasteiger partial charge >= 0.3 is 0 Å². The number of amides is 1. The number of rotatable bonds is 5. The van der Waals surface area contributed by atoms with Gasteiger partial charge in [0.2, 0.25) is 17.6 Å². The van der Waals surface area contributed by atoms with Crippen LogP contribution in [0.2, 0.25) is 0 Å². The Bertz CT molecular complexity index is 943. The van der Waals surface area contributed by atoms with Crippen molar-refractivity contribution < 1.29 is 9.32 Å². The second kappa shape index (κ2) is 8.03. The minimum absolute atomic E-state index is 0.285. The van der Waals surface area contributed by atoms with Crippen molar-refractivity contribution in [1.82, 2.24) is 15.0 Å². The van der Waals surface area contributed by atoms with E-state index in [4.69, 9.17) is 4.52 Å². The number of likely N-dealkylation sites (tertiary alicyclic amines) is 1. The number of piperidine rings is 1. The van der Waals surface area contributed by atoms with Gasteiger partial charge in [-0.25, -0.2) is 0 Å². The Morgan fingerprint density at radius 1 is 1.24 bits per heavy atom. The molecule has 3 aromatic rings. The zero-order valence-corrected chi connectivity index (χ0v) is 18.0. The topological polar surface area (TPSA) is 59.2 Å². The van der Waals surface area contributed by atoms with E-state index in [1.54, 1.807) is 22.7 Å². The molecule has 1 aliphatic carbocycles. The zero-order valence-electron chi connectivity index (χ0n) is 16.4. The van der Waals surface area contributed by atoms with E-state index in [0.717, 1.165) is 63.6 Å². The summed E-state index contributed by atoms with van der Waals surface area (Å²) in [4.78, 5) is 21.6. The molecule has 0 spiro atoms. The van der Waals surface area contributed by atoms with Crippen LogP contribution in [0.4, 0.5) is 0 Å². The summed E-state index contributed by atoms with van der Waals surface area (Å²) in [5, 5.41) is 10.3. The second-order valence-electron chi connectivity index (χ2n) is 8.25. The lowest BCUT2D eigenvalue weighted by Gasteiger charge is -2.38. The van der Waals surface area contributed by atoms with Crippen molar-refractivity contribution >= 4 is 28.6 Å². The molecule has 2 fully saturated rings. The van der Waals surface area contributed by atoms with E-state index in [0.29, 0.717) is 23.5 Å². The summed E-state index contributed by atoms with van der Waals surface area (Å²) >= 11 is 3.36. The molecule has 2 aliphatic rings. The maximum atomic E-state index is 13.7. The van der Waals surface area contributed by atoms with Crippen molar-refractivity contribution in [1.29, 1.82) is 0 Å². The van der Waals surface area contributed by atoms with Crippen LogP contribution in [0.15, 0.2) is 38.9 Å². The predicted octanol–water partition coefficient (Wildman–Crippen LogP) is 5.15. The van der Waals surface area contributed by atoms with Gasteiger partial charge in [0, 0.05) is 35.3 Å². The molecule has 1 amide bonds. The first-order valence-electron chi connectivity index (χ1n) is 10.4. The van der Waals surface area contributed by atoms with Gasteiger partial charge in [0.25, 0.3) is 0 Å². The molecule has 1 saturated heterocycles. The van der Waals surface area contributed by atoms with Gasteiger partial charge in [-0.2, -0.15) is 16.3 Å². The summed E-state index contributed by atoms with van der Waals surface area (Å²) in [6.45, 7) is 1.66. The molecule has 0 radical (unpaired) electrons. The normalized spacial score (nSPS) is 21.5. The fraction of sp³-hybridized carbons (Fsp3) is 0.500. The molecule has 5 rings (SSSR count). The Hall–Kier alpha value is -1.99. The lowest BCUT2D eigenvalue weighted by molar-refractivity contribution is -0.139. The summed E-state index contributed by atoms with van der Waals surface area (Å²) in [7, 11) is 0. The predicted molar refractivity (Wildman–Crippen MR) is 115 cm³/mol. The number of carbonyl (C=O) groups excluding carboxylic acids is 1. The molecule has 1 saturated carbocycles. The number of hydrogen-bond donors (Lipinski definition) is 0. The first-order valence-corrected chi connectivity index (χ1v) is 12.3. The smallest absolute Gasteiger partial charge is 0.234 e. The van der Waals surface area contributed by atoms with Gasteiger partial charge in [-0.05, 0) is 54.5 Å².